The molecule has 2 heterocycles. The standard InChI is InChI=1S/C11H6F2N.C8H7F3N2O.Ir/c12-8-4-5-9(10(13)7-8)11-3-1-2-6-14-11;9-8(10,11)7(14)13-5-6-3-1-2-4-12-6;/h1-4,6-7H;1-4H,5H2,(H,13,14);/q-1;;/p-1. The number of hydrogen-bond acceptors (Lipinski definition) is 3. The van der Waals surface area contributed by atoms with Crippen LogP contribution >= 0.6 is 0 Å². The molecule has 0 bridgehead atoms. The van der Waals surface area contributed by atoms with Crippen LogP contribution < -0.4 is 0 Å². The molecule has 1 amide bonds. The molecule has 1 radical (unpaired) electrons. The molecule has 0 N–H and O–H groups in total. The van der Waals surface area contributed by atoms with E-state index in [0.717, 1.165) is 12.1 Å². The van der Waals surface area contributed by atoms with Crippen LogP contribution in [0.1, 0.15) is 5.69 Å². The second-order valence-corrected chi connectivity index (χ2v) is 5.20. The van der Waals surface area contributed by atoms with Gasteiger partial charge in [-0.3, -0.25) is 13.8 Å². The first-order chi connectivity index (χ1) is 13.3. The summed E-state index contributed by atoms with van der Waals surface area (Å²) >= 11 is 0. The van der Waals surface area contributed by atoms with E-state index in [-0.39, 0.29) is 32.2 Å². The molecule has 0 fully saturated rings. The van der Waals surface area contributed by atoms with Crippen LogP contribution in [0.4, 0.5) is 22.0 Å². The molecule has 1 aromatic carbocycles. The fourth-order valence-corrected chi connectivity index (χ4v) is 1.89. The summed E-state index contributed by atoms with van der Waals surface area (Å²) in [6.45, 7) is -0.348. The number of carbonyl (C=O) groups excluding carboxylic acids is 1. The van der Waals surface area contributed by atoms with Crippen LogP contribution in [-0.4, -0.2) is 22.1 Å². The Hall–Kier alpha value is -2.71. The van der Waals surface area contributed by atoms with Crippen molar-refractivity contribution in [2.24, 2.45) is 0 Å². The maximum Gasteiger partial charge on any atom is 0.432 e. The minimum Gasteiger partial charge on any atom is -0.641 e. The molecule has 0 spiro atoms. The monoisotopic (exact) mass is 586 g/mol. The zero-order valence-electron chi connectivity index (χ0n) is 14.5. The molecule has 0 aliphatic heterocycles. The maximum atomic E-state index is 13.2. The summed E-state index contributed by atoms with van der Waals surface area (Å²) in [5, 5.41) is 2.84. The van der Waals surface area contributed by atoms with E-state index in [4.69, 9.17) is 0 Å². The number of nitrogens with zero attached hydrogens (tertiary/aromatic N) is 3. The summed E-state index contributed by atoms with van der Waals surface area (Å²) in [4.78, 5) is 18.0. The van der Waals surface area contributed by atoms with Crippen molar-refractivity contribution in [2.45, 2.75) is 12.7 Å². The quantitative estimate of drug-likeness (QED) is 0.326. The van der Waals surface area contributed by atoms with Gasteiger partial charge in [0.05, 0.1) is 0 Å². The fourth-order valence-electron chi connectivity index (χ4n) is 1.89. The molecule has 0 atom stereocenters. The van der Waals surface area contributed by atoms with Crippen molar-refractivity contribution < 1.29 is 46.9 Å². The van der Waals surface area contributed by atoms with Gasteiger partial charge < -0.3 is 15.1 Å². The van der Waals surface area contributed by atoms with Crippen LogP contribution in [0.25, 0.3) is 16.6 Å². The van der Waals surface area contributed by atoms with Gasteiger partial charge in [-0.25, -0.2) is 0 Å². The average molecular weight is 586 g/mol. The Kier molecular flexibility index (Phi) is 9.50. The normalized spacial score (nSPS) is 10.2. The number of alkyl halides is 3. The van der Waals surface area contributed by atoms with E-state index in [0.29, 0.717) is 11.4 Å². The number of amides is 1. The minimum atomic E-state index is -4.89. The van der Waals surface area contributed by atoms with E-state index < -0.39 is 23.7 Å². The van der Waals surface area contributed by atoms with Gasteiger partial charge in [0.15, 0.2) is 5.91 Å². The third-order valence-corrected chi connectivity index (χ3v) is 3.13. The Bertz CT molecular complexity index is 909. The smallest absolute Gasteiger partial charge is 0.432 e. The molecular formula is C19H12F5IrN3O-2. The second-order valence-electron chi connectivity index (χ2n) is 5.20. The van der Waals surface area contributed by atoms with Crippen molar-refractivity contribution in [3.8, 4) is 11.3 Å². The number of halogens is 5. The van der Waals surface area contributed by atoms with Crippen LogP contribution in [0.3, 0.4) is 0 Å². The predicted octanol–water partition coefficient (Wildman–Crippen LogP) is 4.87. The number of hydrogen-bond donors (Lipinski definition) is 0. The molecule has 3 aromatic rings. The minimum absolute atomic E-state index is 0. The average Bonchev–Trinajstić information content (AvgIpc) is 2.67. The van der Waals surface area contributed by atoms with E-state index in [1.165, 1.54) is 12.3 Å². The molecular weight excluding hydrogens is 573 g/mol. The molecule has 155 valence electrons. The van der Waals surface area contributed by atoms with Crippen LogP contribution in [0.15, 0.2) is 60.9 Å². The molecule has 3 rings (SSSR count). The van der Waals surface area contributed by atoms with Crippen molar-refractivity contribution in [3.05, 3.63) is 89.6 Å². The van der Waals surface area contributed by atoms with Gasteiger partial charge in [-0.2, -0.15) is 13.2 Å². The van der Waals surface area contributed by atoms with Crippen molar-refractivity contribution in [2.75, 3.05) is 0 Å². The molecule has 0 aliphatic rings. The van der Waals surface area contributed by atoms with Crippen molar-refractivity contribution in [1.82, 2.24) is 9.97 Å². The molecule has 29 heavy (non-hydrogen) atoms. The first kappa shape index (κ1) is 24.3. The summed E-state index contributed by atoms with van der Waals surface area (Å²) in [5.41, 5.74) is 0.960. The van der Waals surface area contributed by atoms with Gasteiger partial charge in [-0.05, 0) is 23.9 Å². The number of benzene rings is 1. The van der Waals surface area contributed by atoms with Crippen LogP contribution in [0, 0.1) is 17.7 Å². The summed E-state index contributed by atoms with van der Waals surface area (Å²) in [5.74, 6) is -3.37. The molecule has 2 aromatic heterocycles. The molecule has 0 saturated carbocycles. The van der Waals surface area contributed by atoms with E-state index in [1.54, 1.807) is 36.5 Å². The fraction of sp³-hybridized carbons (Fsp3) is 0.105. The molecule has 0 aliphatic carbocycles. The van der Waals surface area contributed by atoms with E-state index in [1.807, 2.05) is 0 Å². The molecule has 0 saturated heterocycles. The van der Waals surface area contributed by atoms with Gasteiger partial charge in [0.25, 0.3) is 0 Å². The van der Waals surface area contributed by atoms with E-state index in [2.05, 4.69) is 21.4 Å². The zero-order chi connectivity index (χ0) is 20.6. The van der Waals surface area contributed by atoms with Crippen LogP contribution in [0.5, 0.6) is 0 Å². The summed E-state index contributed by atoms with van der Waals surface area (Å²) < 4.78 is 60.9. The van der Waals surface area contributed by atoms with E-state index in [9.17, 15) is 26.7 Å². The van der Waals surface area contributed by atoms with Crippen LogP contribution in [-0.2, 0) is 31.4 Å². The third kappa shape index (κ3) is 8.05. The Balaban J connectivity index is 0.000000280. The SMILES string of the molecule is Fc1c[c-]c(-c2ccccn2)c(F)c1.O=C([N-]Cc1ccccn1)C(F)(F)F.[Ir]. The zero-order valence-corrected chi connectivity index (χ0v) is 16.8. The maximum absolute atomic E-state index is 13.2. The van der Waals surface area contributed by atoms with Crippen molar-refractivity contribution in [1.29, 1.82) is 0 Å². The Labute approximate surface area is 176 Å². The predicted molar refractivity (Wildman–Crippen MR) is 90.8 cm³/mol. The van der Waals surface area contributed by atoms with Crippen molar-refractivity contribution in [3.63, 3.8) is 0 Å². The molecule has 10 heteroatoms. The molecule has 4 nitrogen and oxygen atoms in total. The topological polar surface area (TPSA) is 57.0 Å². The summed E-state index contributed by atoms with van der Waals surface area (Å²) in [6.07, 6.45) is -1.93. The van der Waals surface area contributed by atoms with Gasteiger partial charge in [0.2, 0.25) is 0 Å². The first-order valence-corrected chi connectivity index (χ1v) is 7.74. The number of carbonyl (C=O) groups is 1. The van der Waals surface area contributed by atoms with Gasteiger partial charge in [0.1, 0.15) is 0 Å². The second kappa shape index (κ2) is 11.3. The summed E-state index contributed by atoms with van der Waals surface area (Å²) in [6, 6.07) is 14.2. The molecule has 0 unspecified atom stereocenters. The Morgan fingerprint density at radius 3 is 2.21 bits per heavy atom. The number of aromatic nitrogens is 2. The number of pyridine rings is 2. The summed E-state index contributed by atoms with van der Waals surface area (Å²) in [7, 11) is 0. The Morgan fingerprint density at radius 2 is 1.69 bits per heavy atom. The van der Waals surface area contributed by atoms with Gasteiger partial charge in [0, 0.05) is 49.8 Å². The Morgan fingerprint density at radius 1 is 1.03 bits per heavy atom. The number of rotatable bonds is 3. The largest absolute Gasteiger partial charge is 0.641 e. The van der Waals surface area contributed by atoms with Gasteiger partial charge in [-0.1, -0.05) is 36.4 Å². The first-order valence-electron chi connectivity index (χ1n) is 7.74. The van der Waals surface area contributed by atoms with Crippen LogP contribution in [0.2, 0.25) is 0 Å². The van der Waals surface area contributed by atoms with Crippen molar-refractivity contribution >= 4 is 5.91 Å². The van der Waals surface area contributed by atoms with Gasteiger partial charge >= 0.3 is 6.18 Å². The third-order valence-electron chi connectivity index (χ3n) is 3.13. The van der Waals surface area contributed by atoms with Gasteiger partial charge in [-0.15, -0.1) is 12.1 Å². The van der Waals surface area contributed by atoms with E-state index >= 15 is 0 Å².